The van der Waals surface area contributed by atoms with Gasteiger partial charge < -0.3 is 9.47 Å². The minimum Gasteiger partial charge on any atom is -0.490 e. The number of para-hydroxylation sites is 1. The van der Waals surface area contributed by atoms with E-state index in [2.05, 4.69) is 5.10 Å². The molecule has 0 spiro atoms. The van der Waals surface area contributed by atoms with Gasteiger partial charge >= 0.3 is 5.97 Å². The number of ether oxygens (including phenoxy) is 2. The number of hydrogen-bond acceptors (Lipinski definition) is 6. The Kier molecular flexibility index (Phi) is 6.63. The van der Waals surface area contributed by atoms with E-state index in [1.165, 1.54) is 18.0 Å². The van der Waals surface area contributed by atoms with Gasteiger partial charge in [-0.05, 0) is 55.7 Å². The highest BCUT2D eigenvalue weighted by molar-refractivity contribution is 5.82. The van der Waals surface area contributed by atoms with Crippen LogP contribution in [0.4, 0.5) is 0 Å². The van der Waals surface area contributed by atoms with Crippen molar-refractivity contribution in [2.75, 3.05) is 6.61 Å². The molecule has 1 aliphatic rings. The van der Waals surface area contributed by atoms with Crippen LogP contribution < -0.4 is 15.0 Å². The van der Waals surface area contributed by atoms with E-state index in [1.807, 2.05) is 25.1 Å². The van der Waals surface area contributed by atoms with Crippen molar-refractivity contribution in [3.63, 3.8) is 0 Å². The first kappa shape index (κ1) is 21.7. The first-order valence-electron chi connectivity index (χ1n) is 11.1. The van der Waals surface area contributed by atoms with Crippen molar-refractivity contribution < 1.29 is 14.3 Å². The molecule has 0 radical (unpaired) electrons. The number of benzene rings is 2. The number of hydrogen-bond donors (Lipinski definition) is 0. The van der Waals surface area contributed by atoms with Crippen LogP contribution in [-0.2, 0) is 4.79 Å². The molecule has 0 atom stereocenters. The van der Waals surface area contributed by atoms with Crippen molar-refractivity contribution in [2.24, 2.45) is 5.10 Å². The number of carbonyl (C=O) groups excluding carboxylic acids is 1. The van der Waals surface area contributed by atoms with Gasteiger partial charge in [-0.1, -0.05) is 31.4 Å². The van der Waals surface area contributed by atoms with Crippen molar-refractivity contribution in [3.8, 4) is 11.5 Å². The Bertz CT molecular complexity index is 1210. The van der Waals surface area contributed by atoms with Gasteiger partial charge in [0.15, 0.2) is 11.5 Å². The fraction of sp³-hybridized carbons (Fsp3) is 0.360. The molecule has 4 rings (SSSR count). The van der Waals surface area contributed by atoms with Gasteiger partial charge in [0.2, 0.25) is 0 Å². The fourth-order valence-electron chi connectivity index (χ4n) is 4.11. The monoisotopic (exact) mass is 433 g/mol. The van der Waals surface area contributed by atoms with Gasteiger partial charge in [0, 0.05) is 12.8 Å². The van der Waals surface area contributed by atoms with Crippen LogP contribution >= 0.6 is 0 Å². The molecule has 166 valence electrons. The molecule has 0 bridgehead atoms. The summed E-state index contributed by atoms with van der Waals surface area (Å²) in [5, 5.41) is 5.09. The Balaban J connectivity index is 1.76. The van der Waals surface area contributed by atoms with Crippen molar-refractivity contribution in [2.45, 2.75) is 51.9 Å². The van der Waals surface area contributed by atoms with Crippen LogP contribution in [0.15, 0.2) is 52.4 Å². The molecule has 2 aromatic carbocycles. The van der Waals surface area contributed by atoms with Crippen LogP contribution in [0.2, 0.25) is 0 Å². The smallest absolute Gasteiger partial charge is 0.308 e. The van der Waals surface area contributed by atoms with Gasteiger partial charge in [-0.2, -0.15) is 9.78 Å². The molecule has 1 heterocycles. The largest absolute Gasteiger partial charge is 0.490 e. The molecule has 0 aliphatic heterocycles. The van der Waals surface area contributed by atoms with E-state index in [0.29, 0.717) is 34.8 Å². The molecule has 1 saturated carbocycles. The third-order valence-electron chi connectivity index (χ3n) is 5.59. The lowest BCUT2D eigenvalue weighted by atomic mass is 9.88. The molecular weight excluding hydrogens is 406 g/mol. The third-order valence-corrected chi connectivity index (χ3v) is 5.59. The number of fused-ring (bicyclic) bond motifs is 1. The molecule has 0 unspecified atom stereocenters. The average molecular weight is 434 g/mol. The van der Waals surface area contributed by atoms with Crippen LogP contribution in [0, 0.1) is 0 Å². The second-order valence-electron chi connectivity index (χ2n) is 7.92. The summed E-state index contributed by atoms with van der Waals surface area (Å²) < 4.78 is 12.3. The van der Waals surface area contributed by atoms with Gasteiger partial charge in [-0.25, -0.2) is 4.98 Å². The summed E-state index contributed by atoms with van der Waals surface area (Å²) in [4.78, 5) is 29.5. The van der Waals surface area contributed by atoms with E-state index in [0.717, 1.165) is 31.2 Å². The summed E-state index contributed by atoms with van der Waals surface area (Å²) in [6.45, 7) is 3.63. The Morgan fingerprint density at radius 1 is 1.16 bits per heavy atom. The van der Waals surface area contributed by atoms with Gasteiger partial charge in [-0.15, -0.1) is 0 Å². The number of nitrogens with zero attached hydrogens (tertiary/aromatic N) is 3. The van der Waals surface area contributed by atoms with Crippen LogP contribution in [0.5, 0.6) is 11.5 Å². The predicted molar refractivity (Wildman–Crippen MR) is 124 cm³/mol. The second-order valence-corrected chi connectivity index (χ2v) is 7.92. The molecule has 0 N–H and O–H groups in total. The summed E-state index contributed by atoms with van der Waals surface area (Å²) in [6.07, 6.45) is 7.10. The van der Waals surface area contributed by atoms with Crippen LogP contribution in [0.1, 0.15) is 63.3 Å². The summed E-state index contributed by atoms with van der Waals surface area (Å²) in [5.41, 5.74) is 1.25. The van der Waals surface area contributed by atoms with E-state index >= 15 is 0 Å². The van der Waals surface area contributed by atoms with Crippen molar-refractivity contribution in [1.29, 1.82) is 0 Å². The van der Waals surface area contributed by atoms with E-state index < -0.39 is 5.97 Å². The summed E-state index contributed by atoms with van der Waals surface area (Å²) in [5.74, 6) is 1.31. The van der Waals surface area contributed by atoms with Gasteiger partial charge in [0.05, 0.1) is 23.7 Å². The SMILES string of the molecule is CCOc1cc(C=Nn2c(C3CCCCC3)nc3ccccc3c2=O)ccc1OC(C)=O. The first-order chi connectivity index (χ1) is 15.6. The normalized spacial score (nSPS) is 14.7. The fourth-order valence-corrected chi connectivity index (χ4v) is 4.11. The maximum Gasteiger partial charge on any atom is 0.308 e. The molecule has 7 nitrogen and oxygen atoms in total. The van der Waals surface area contributed by atoms with Crippen LogP contribution in [0.25, 0.3) is 10.9 Å². The predicted octanol–water partition coefficient (Wildman–Crippen LogP) is 4.65. The van der Waals surface area contributed by atoms with E-state index in [4.69, 9.17) is 14.5 Å². The first-order valence-corrected chi connectivity index (χ1v) is 11.1. The summed E-state index contributed by atoms with van der Waals surface area (Å²) >= 11 is 0. The van der Waals surface area contributed by atoms with Crippen LogP contribution in [0.3, 0.4) is 0 Å². The molecule has 32 heavy (non-hydrogen) atoms. The number of rotatable bonds is 6. The molecule has 0 amide bonds. The second kappa shape index (κ2) is 9.77. The highest BCUT2D eigenvalue weighted by Crippen LogP contribution is 2.32. The maximum absolute atomic E-state index is 13.3. The maximum atomic E-state index is 13.3. The lowest BCUT2D eigenvalue weighted by Crippen LogP contribution is -2.25. The zero-order valence-corrected chi connectivity index (χ0v) is 18.4. The molecule has 3 aromatic rings. The zero-order chi connectivity index (χ0) is 22.5. The summed E-state index contributed by atoms with van der Waals surface area (Å²) in [6, 6.07) is 12.6. The lowest BCUT2D eigenvalue weighted by molar-refractivity contribution is -0.132. The quantitative estimate of drug-likeness (QED) is 0.321. The molecular formula is C25H27N3O4. The molecule has 1 fully saturated rings. The van der Waals surface area contributed by atoms with Crippen molar-refractivity contribution in [3.05, 3.63) is 64.2 Å². The van der Waals surface area contributed by atoms with Crippen LogP contribution in [-0.4, -0.2) is 28.5 Å². The van der Waals surface area contributed by atoms with Gasteiger partial charge in [0.25, 0.3) is 5.56 Å². The topological polar surface area (TPSA) is 82.8 Å². The number of carbonyl (C=O) groups is 1. The number of esters is 1. The standard InChI is InChI=1S/C25H27N3O4/c1-3-31-23-15-18(13-14-22(23)32-17(2)29)16-26-28-24(19-9-5-4-6-10-19)27-21-12-8-7-11-20(21)25(28)30/h7-8,11-16,19H,3-6,9-10H2,1-2H3. The Morgan fingerprint density at radius 2 is 1.94 bits per heavy atom. The number of aromatic nitrogens is 2. The molecule has 0 saturated heterocycles. The zero-order valence-electron chi connectivity index (χ0n) is 18.4. The Morgan fingerprint density at radius 3 is 2.69 bits per heavy atom. The molecule has 7 heteroatoms. The van der Waals surface area contributed by atoms with Gasteiger partial charge in [0.1, 0.15) is 5.82 Å². The minimum atomic E-state index is -0.418. The van der Waals surface area contributed by atoms with Crippen molar-refractivity contribution >= 4 is 23.1 Å². The highest BCUT2D eigenvalue weighted by Gasteiger charge is 2.22. The molecule has 1 aliphatic carbocycles. The minimum absolute atomic E-state index is 0.172. The summed E-state index contributed by atoms with van der Waals surface area (Å²) in [7, 11) is 0. The average Bonchev–Trinajstić information content (AvgIpc) is 2.80. The highest BCUT2D eigenvalue weighted by atomic mass is 16.6. The Labute approximate surface area is 186 Å². The Hall–Kier alpha value is -3.48. The lowest BCUT2D eigenvalue weighted by Gasteiger charge is -2.22. The molecule has 1 aromatic heterocycles. The van der Waals surface area contributed by atoms with Crippen molar-refractivity contribution in [1.82, 2.24) is 9.66 Å². The van der Waals surface area contributed by atoms with E-state index in [-0.39, 0.29) is 11.5 Å². The third kappa shape index (κ3) is 4.72. The van der Waals surface area contributed by atoms with E-state index in [9.17, 15) is 9.59 Å². The van der Waals surface area contributed by atoms with Gasteiger partial charge in [-0.3, -0.25) is 9.59 Å². The van der Waals surface area contributed by atoms with E-state index in [1.54, 1.807) is 30.5 Å².